The highest BCUT2D eigenvalue weighted by Gasteiger charge is 2.16. The van der Waals surface area contributed by atoms with E-state index in [1.807, 2.05) is 48.0 Å². The van der Waals surface area contributed by atoms with Crippen LogP contribution in [0.15, 0.2) is 40.8 Å². The first-order chi connectivity index (χ1) is 12.5. The number of amides is 1. The van der Waals surface area contributed by atoms with Gasteiger partial charge in [-0.05, 0) is 32.4 Å². The van der Waals surface area contributed by atoms with E-state index < -0.39 is 0 Å². The van der Waals surface area contributed by atoms with Gasteiger partial charge in [0.25, 0.3) is 5.89 Å². The molecule has 0 fully saturated rings. The number of hydrogen-bond donors (Lipinski definition) is 1. The van der Waals surface area contributed by atoms with Gasteiger partial charge in [-0.1, -0.05) is 35.4 Å². The highest BCUT2D eigenvalue weighted by Crippen LogP contribution is 2.21. The van der Waals surface area contributed by atoms with Gasteiger partial charge in [-0.3, -0.25) is 14.8 Å². The minimum atomic E-state index is -0.176. The Labute approximate surface area is 156 Å². The number of anilines is 1. The van der Waals surface area contributed by atoms with Crippen LogP contribution < -0.4 is 5.32 Å². The van der Waals surface area contributed by atoms with Gasteiger partial charge in [-0.2, -0.15) is 5.10 Å². The highest BCUT2D eigenvalue weighted by atomic mass is 32.2. The predicted octanol–water partition coefficient (Wildman–Crippen LogP) is 3.69. The van der Waals surface area contributed by atoms with E-state index in [2.05, 4.69) is 34.5 Å². The molecule has 1 N–H and O–H groups in total. The summed E-state index contributed by atoms with van der Waals surface area (Å²) in [7, 11) is 0. The molecule has 136 valence electrons. The van der Waals surface area contributed by atoms with Crippen LogP contribution in [-0.4, -0.2) is 31.6 Å². The molecule has 0 spiro atoms. The second-order valence-electron chi connectivity index (χ2n) is 6.15. The quantitative estimate of drug-likeness (QED) is 0.682. The number of rotatable bonds is 7. The minimum absolute atomic E-state index is 0.0852. The maximum absolute atomic E-state index is 12.0. The van der Waals surface area contributed by atoms with Crippen molar-refractivity contribution in [3.05, 3.63) is 47.7 Å². The Hall–Kier alpha value is -2.61. The van der Waals surface area contributed by atoms with Gasteiger partial charge in [0.1, 0.15) is 5.69 Å². The zero-order chi connectivity index (χ0) is 18.5. The van der Waals surface area contributed by atoms with Crippen molar-refractivity contribution in [2.75, 3.05) is 11.1 Å². The van der Waals surface area contributed by atoms with E-state index in [1.165, 1.54) is 17.3 Å². The third-order valence-corrected chi connectivity index (χ3v) is 4.65. The molecule has 0 saturated carbocycles. The summed E-state index contributed by atoms with van der Waals surface area (Å²) in [5, 5.41) is 14.9. The number of nitrogens with one attached hydrogen (secondary N) is 1. The molecule has 1 amide bonds. The van der Waals surface area contributed by atoms with Crippen LogP contribution in [0.1, 0.15) is 31.1 Å². The average molecular weight is 371 g/mol. The van der Waals surface area contributed by atoms with Crippen molar-refractivity contribution in [2.45, 2.75) is 32.6 Å². The Morgan fingerprint density at radius 1 is 1.27 bits per heavy atom. The number of carbonyl (C=O) groups is 1. The Balaban J connectivity index is 1.54. The lowest BCUT2D eigenvalue weighted by molar-refractivity contribution is -0.113. The maximum Gasteiger partial charge on any atom is 0.322 e. The summed E-state index contributed by atoms with van der Waals surface area (Å²) in [6.45, 7) is 6.08. The summed E-state index contributed by atoms with van der Waals surface area (Å²) in [6, 6.07) is 12.2. The molecule has 2 heterocycles. The fourth-order valence-corrected chi connectivity index (χ4v) is 3.27. The van der Waals surface area contributed by atoms with Gasteiger partial charge in [0.2, 0.25) is 5.91 Å². The molecule has 0 saturated heterocycles. The predicted molar refractivity (Wildman–Crippen MR) is 102 cm³/mol. The molecule has 0 aliphatic carbocycles. The molecule has 3 rings (SSSR count). The Bertz CT molecular complexity index is 873. The SMILES string of the molecule is Cc1cc(-c2nnc(NC(=O)CSCc3ccccc3)o2)nn1C(C)C. The fraction of sp³-hybridized carbons (Fsp3) is 0.333. The standard InChI is InChI=1S/C18H21N5O2S/c1-12(2)23-13(3)9-15(22-23)17-20-21-18(25-17)19-16(24)11-26-10-14-7-5-4-6-8-14/h4-9,12H,10-11H2,1-3H3,(H,19,21,24). The molecule has 26 heavy (non-hydrogen) atoms. The number of nitrogens with zero attached hydrogens (tertiary/aromatic N) is 4. The first kappa shape index (κ1) is 18.2. The largest absolute Gasteiger partial charge is 0.401 e. The van der Waals surface area contributed by atoms with Gasteiger partial charge in [0.15, 0.2) is 0 Å². The Morgan fingerprint density at radius 2 is 2.04 bits per heavy atom. The minimum Gasteiger partial charge on any atom is -0.401 e. The normalized spacial score (nSPS) is 11.1. The lowest BCUT2D eigenvalue weighted by Crippen LogP contribution is -2.14. The number of carbonyl (C=O) groups excluding carboxylic acids is 1. The van der Waals surface area contributed by atoms with Crippen molar-refractivity contribution in [1.29, 1.82) is 0 Å². The van der Waals surface area contributed by atoms with Crippen molar-refractivity contribution >= 4 is 23.7 Å². The third kappa shape index (κ3) is 4.51. The summed E-state index contributed by atoms with van der Waals surface area (Å²) in [4.78, 5) is 12.0. The monoisotopic (exact) mass is 371 g/mol. The molecule has 0 atom stereocenters. The first-order valence-corrected chi connectivity index (χ1v) is 9.50. The van der Waals surface area contributed by atoms with Gasteiger partial charge in [0.05, 0.1) is 5.75 Å². The van der Waals surface area contributed by atoms with Crippen LogP contribution in [0, 0.1) is 6.92 Å². The Kier molecular flexibility index (Phi) is 5.72. The number of thioether (sulfide) groups is 1. The molecular formula is C18H21N5O2S. The van der Waals surface area contributed by atoms with Crippen molar-refractivity contribution in [2.24, 2.45) is 0 Å². The van der Waals surface area contributed by atoms with Crippen LogP contribution in [0.2, 0.25) is 0 Å². The molecule has 2 aromatic heterocycles. The summed E-state index contributed by atoms with van der Waals surface area (Å²) < 4.78 is 7.40. The van der Waals surface area contributed by atoms with Crippen molar-refractivity contribution < 1.29 is 9.21 Å². The lowest BCUT2D eigenvalue weighted by atomic mass is 10.2. The molecule has 0 bridgehead atoms. The summed E-state index contributed by atoms with van der Waals surface area (Å²) >= 11 is 1.53. The molecule has 0 aliphatic rings. The first-order valence-electron chi connectivity index (χ1n) is 8.34. The fourth-order valence-electron chi connectivity index (χ4n) is 2.48. The van der Waals surface area contributed by atoms with Crippen LogP contribution in [0.5, 0.6) is 0 Å². The van der Waals surface area contributed by atoms with Crippen LogP contribution in [-0.2, 0) is 10.5 Å². The van der Waals surface area contributed by atoms with E-state index in [1.54, 1.807) is 0 Å². The van der Waals surface area contributed by atoms with Gasteiger partial charge in [-0.15, -0.1) is 16.9 Å². The molecular weight excluding hydrogens is 350 g/mol. The molecule has 0 aliphatic heterocycles. The van der Waals surface area contributed by atoms with Gasteiger partial charge < -0.3 is 4.42 Å². The topological polar surface area (TPSA) is 85.8 Å². The zero-order valence-electron chi connectivity index (χ0n) is 15.0. The van der Waals surface area contributed by atoms with Crippen LogP contribution in [0.3, 0.4) is 0 Å². The lowest BCUT2D eigenvalue weighted by Gasteiger charge is -2.06. The van der Waals surface area contributed by atoms with Crippen molar-refractivity contribution in [1.82, 2.24) is 20.0 Å². The second-order valence-corrected chi connectivity index (χ2v) is 7.13. The maximum atomic E-state index is 12.0. The van der Waals surface area contributed by atoms with Crippen molar-refractivity contribution in [3.63, 3.8) is 0 Å². The van der Waals surface area contributed by atoms with Crippen LogP contribution in [0.4, 0.5) is 6.01 Å². The number of aryl methyl sites for hydroxylation is 1. The summed E-state index contributed by atoms with van der Waals surface area (Å²) in [6.07, 6.45) is 0. The van der Waals surface area contributed by atoms with Crippen LogP contribution in [0.25, 0.3) is 11.6 Å². The third-order valence-electron chi connectivity index (χ3n) is 3.65. The van der Waals surface area contributed by atoms with Crippen molar-refractivity contribution in [3.8, 4) is 11.6 Å². The summed E-state index contributed by atoms with van der Waals surface area (Å²) in [5.41, 5.74) is 2.79. The van der Waals surface area contributed by atoms with Crippen LogP contribution >= 0.6 is 11.8 Å². The molecule has 1 aromatic carbocycles. The smallest absolute Gasteiger partial charge is 0.322 e. The van der Waals surface area contributed by atoms with E-state index in [0.717, 1.165) is 11.4 Å². The highest BCUT2D eigenvalue weighted by molar-refractivity contribution is 7.99. The number of aromatic nitrogens is 4. The Morgan fingerprint density at radius 3 is 2.73 bits per heavy atom. The van der Waals surface area contributed by atoms with E-state index in [9.17, 15) is 4.79 Å². The molecule has 7 nitrogen and oxygen atoms in total. The number of hydrogen-bond acceptors (Lipinski definition) is 6. The van der Waals surface area contributed by atoms with E-state index in [4.69, 9.17) is 4.42 Å². The van der Waals surface area contributed by atoms with Gasteiger partial charge in [0, 0.05) is 17.5 Å². The van der Waals surface area contributed by atoms with E-state index >= 15 is 0 Å². The number of benzene rings is 1. The average Bonchev–Trinajstić information content (AvgIpc) is 3.22. The molecule has 0 radical (unpaired) electrons. The summed E-state index contributed by atoms with van der Waals surface area (Å²) in [5.74, 6) is 1.20. The van der Waals surface area contributed by atoms with Gasteiger partial charge in [-0.25, -0.2) is 0 Å². The molecule has 8 heteroatoms. The van der Waals surface area contributed by atoms with E-state index in [0.29, 0.717) is 17.3 Å². The van der Waals surface area contributed by atoms with Gasteiger partial charge >= 0.3 is 6.01 Å². The second kappa shape index (κ2) is 8.18. The van der Waals surface area contributed by atoms with E-state index in [-0.39, 0.29) is 18.0 Å². The molecule has 0 unspecified atom stereocenters. The molecule has 3 aromatic rings. The zero-order valence-corrected chi connectivity index (χ0v) is 15.8.